The number of nitro groups is 1. The second kappa shape index (κ2) is 9.63. The SMILES string of the molecule is C[C@@H](Nc1ccc(C(F)(F)F)cc1[N+](=O)[O-])C(=O)OCC(=O)Nc1ccc2c(c1)OCCO2. The molecule has 0 saturated carbocycles. The van der Waals surface area contributed by atoms with Crippen molar-refractivity contribution in [2.24, 2.45) is 0 Å². The van der Waals surface area contributed by atoms with Crippen LogP contribution in [0.1, 0.15) is 12.5 Å². The number of nitrogens with one attached hydrogen (secondary N) is 2. The van der Waals surface area contributed by atoms with Gasteiger partial charge in [-0.3, -0.25) is 14.9 Å². The molecule has 1 aliphatic rings. The Morgan fingerprint density at radius 3 is 2.52 bits per heavy atom. The summed E-state index contributed by atoms with van der Waals surface area (Å²) < 4.78 is 54.1. The highest BCUT2D eigenvalue weighted by Crippen LogP contribution is 2.35. The largest absolute Gasteiger partial charge is 0.486 e. The highest BCUT2D eigenvalue weighted by atomic mass is 19.4. The first-order valence-corrected chi connectivity index (χ1v) is 9.53. The van der Waals surface area contributed by atoms with Gasteiger partial charge in [-0.1, -0.05) is 0 Å². The molecular weight excluding hydrogens is 451 g/mol. The number of ether oxygens (including phenoxy) is 3. The third-order valence-electron chi connectivity index (χ3n) is 4.42. The molecule has 0 bridgehead atoms. The Bertz CT molecular complexity index is 1080. The van der Waals surface area contributed by atoms with E-state index in [1.54, 1.807) is 18.2 Å². The first-order valence-electron chi connectivity index (χ1n) is 9.53. The van der Waals surface area contributed by atoms with Gasteiger partial charge >= 0.3 is 12.1 Å². The predicted octanol–water partition coefficient (Wildman–Crippen LogP) is 3.37. The normalized spacial score (nSPS) is 13.6. The van der Waals surface area contributed by atoms with Crippen molar-refractivity contribution in [3.8, 4) is 11.5 Å². The van der Waals surface area contributed by atoms with Crippen LogP contribution in [0.25, 0.3) is 0 Å². The molecule has 0 fully saturated rings. The third kappa shape index (κ3) is 6.02. The molecule has 2 aromatic rings. The van der Waals surface area contributed by atoms with Crippen molar-refractivity contribution in [1.29, 1.82) is 0 Å². The fourth-order valence-electron chi connectivity index (χ4n) is 2.85. The maximum atomic E-state index is 12.8. The van der Waals surface area contributed by atoms with Crippen LogP contribution in [-0.2, 0) is 20.5 Å². The van der Waals surface area contributed by atoms with Crippen LogP contribution in [0, 0.1) is 10.1 Å². The van der Waals surface area contributed by atoms with Gasteiger partial charge < -0.3 is 24.8 Å². The van der Waals surface area contributed by atoms with Crippen LogP contribution in [0.3, 0.4) is 0 Å². The van der Waals surface area contributed by atoms with Crippen molar-refractivity contribution in [3.63, 3.8) is 0 Å². The standard InChI is InChI=1S/C20H18F3N3O7/c1-11(24-14-4-2-12(20(21,22)23)8-15(14)26(29)30)19(28)33-10-18(27)25-13-3-5-16-17(9-13)32-7-6-31-16/h2-5,8-9,11,24H,6-7,10H2,1H3,(H,25,27)/t11-/m1/s1. The average molecular weight is 469 g/mol. The number of benzene rings is 2. The van der Waals surface area contributed by atoms with Gasteiger partial charge in [0.05, 0.1) is 10.5 Å². The average Bonchev–Trinajstić information content (AvgIpc) is 2.76. The number of alkyl halides is 3. The summed E-state index contributed by atoms with van der Waals surface area (Å²) in [6.07, 6.45) is -4.77. The Balaban J connectivity index is 1.56. The topological polar surface area (TPSA) is 129 Å². The second-order valence-electron chi connectivity index (χ2n) is 6.87. The van der Waals surface area contributed by atoms with Crippen molar-refractivity contribution in [3.05, 3.63) is 52.1 Å². The summed E-state index contributed by atoms with van der Waals surface area (Å²) in [5, 5.41) is 16.1. The molecule has 10 nitrogen and oxygen atoms in total. The summed E-state index contributed by atoms with van der Waals surface area (Å²) in [6, 6.07) is 5.39. The van der Waals surface area contributed by atoms with Crippen LogP contribution in [0.4, 0.5) is 30.2 Å². The number of nitrogens with zero attached hydrogens (tertiary/aromatic N) is 1. The highest BCUT2D eigenvalue weighted by molar-refractivity contribution is 5.93. The fourth-order valence-corrected chi connectivity index (χ4v) is 2.85. The molecule has 3 rings (SSSR count). The monoisotopic (exact) mass is 469 g/mol. The van der Waals surface area contributed by atoms with E-state index in [9.17, 15) is 32.9 Å². The zero-order valence-corrected chi connectivity index (χ0v) is 17.1. The Kier molecular flexibility index (Phi) is 6.89. The van der Waals surface area contributed by atoms with Crippen LogP contribution in [0.2, 0.25) is 0 Å². The van der Waals surface area contributed by atoms with Gasteiger partial charge in [-0.25, -0.2) is 4.79 Å². The number of fused-ring (bicyclic) bond motifs is 1. The van der Waals surface area contributed by atoms with Crippen molar-refractivity contribution >= 4 is 28.9 Å². The van der Waals surface area contributed by atoms with Crippen molar-refractivity contribution in [2.45, 2.75) is 19.1 Å². The van der Waals surface area contributed by atoms with Gasteiger partial charge in [0.25, 0.3) is 11.6 Å². The van der Waals surface area contributed by atoms with Crippen LogP contribution in [-0.4, -0.2) is 42.7 Å². The number of hydrogen-bond acceptors (Lipinski definition) is 8. The Labute approximate surface area is 184 Å². The smallest absolute Gasteiger partial charge is 0.416 e. The van der Waals surface area contributed by atoms with Gasteiger partial charge in [-0.05, 0) is 31.2 Å². The molecule has 2 aromatic carbocycles. The van der Waals surface area contributed by atoms with E-state index in [-0.39, 0.29) is 5.69 Å². The molecule has 0 spiro atoms. The molecular formula is C20H18F3N3O7. The number of esters is 1. The van der Waals surface area contributed by atoms with E-state index < -0.39 is 46.9 Å². The molecule has 0 radical (unpaired) electrons. The molecule has 1 aliphatic heterocycles. The van der Waals surface area contributed by atoms with E-state index in [1.165, 1.54) is 6.92 Å². The van der Waals surface area contributed by atoms with Gasteiger partial charge in [0.15, 0.2) is 18.1 Å². The molecule has 0 aromatic heterocycles. The molecule has 176 valence electrons. The summed E-state index contributed by atoms with van der Waals surface area (Å²) in [5.74, 6) is -0.621. The number of hydrogen-bond donors (Lipinski definition) is 2. The van der Waals surface area contributed by atoms with Gasteiger partial charge in [-0.2, -0.15) is 13.2 Å². The number of carbonyl (C=O) groups is 2. The highest BCUT2D eigenvalue weighted by Gasteiger charge is 2.33. The van der Waals surface area contributed by atoms with Crippen molar-refractivity contribution in [1.82, 2.24) is 0 Å². The van der Waals surface area contributed by atoms with Gasteiger partial charge in [0.1, 0.15) is 24.9 Å². The minimum atomic E-state index is -4.77. The van der Waals surface area contributed by atoms with Gasteiger partial charge in [0, 0.05) is 17.8 Å². The second-order valence-corrected chi connectivity index (χ2v) is 6.87. The molecule has 1 heterocycles. The first-order chi connectivity index (χ1) is 15.5. The Morgan fingerprint density at radius 2 is 1.85 bits per heavy atom. The number of amides is 1. The van der Waals surface area contributed by atoms with Crippen LogP contribution in [0.5, 0.6) is 11.5 Å². The number of carbonyl (C=O) groups excluding carboxylic acids is 2. The van der Waals surface area contributed by atoms with E-state index >= 15 is 0 Å². The molecule has 0 aliphatic carbocycles. The minimum Gasteiger partial charge on any atom is -0.486 e. The van der Waals surface area contributed by atoms with E-state index in [1.807, 2.05) is 0 Å². The molecule has 13 heteroatoms. The van der Waals surface area contributed by atoms with E-state index in [0.29, 0.717) is 42.5 Å². The summed E-state index contributed by atoms with van der Waals surface area (Å²) in [7, 11) is 0. The molecule has 1 amide bonds. The van der Waals surface area contributed by atoms with Crippen molar-refractivity contribution < 1.29 is 41.9 Å². The molecule has 0 saturated heterocycles. The molecule has 2 N–H and O–H groups in total. The zero-order chi connectivity index (χ0) is 24.2. The van der Waals surface area contributed by atoms with Gasteiger partial charge in [0.2, 0.25) is 0 Å². The lowest BCUT2D eigenvalue weighted by atomic mass is 10.1. The van der Waals surface area contributed by atoms with E-state index in [0.717, 1.165) is 6.07 Å². The predicted molar refractivity (Wildman–Crippen MR) is 108 cm³/mol. The quantitative estimate of drug-likeness (QED) is 0.359. The Morgan fingerprint density at radius 1 is 1.15 bits per heavy atom. The van der Waals surface area contributed by atoms with Crippen LogP contribution in [0.15, 0.2) is 36.4 Å². The fraction of sp³-hybridized carbons (Fsp3) is 0.300. The van der Waals surface area contributed by atoms with Crippen LogP contribution < -0.4 is 20.1 Å². The maximum Gasteiger partial charge on any atom is 0.416 e. The summed E-state index contributed by atoms with van der Waals surface area (Å²) in [6.45, 7) is 1.40. The molecule has 1 atom stereocenters. The number of nitro benzene ring substituents is 1. The summed E-state index contributed by atoms with van der Waals surface area (Å²) >= 11 is 0. The van der Waals surface area contributed by atoms with Crippen molar-refractivity contribution in [2.75, 3.05) is 30.5 Å². The number of halogens is 3. The number of rotatable bonds is 7. The summed E-state index contributed by atoms with van der Waals surface area (Å²) in [4.78, 5) is 34.4. The third-order valence-corrected chi connectivity index (χ3v) is 4.42. The summed E-state index contributed by atoms with van der Waals surface area (Å²) in [5.41, 5.74) is -1.99. The zero-order valence-electron chi connectivity index (χ0n) is 17.1. The minimum absolute atomic E-state index is 0.307. The molecule has 33 heavy (non-hydrogen) atoms. The van der Waals surface area contributed by atoms with E-state index in [4.69, 9.17) is 14.2 Å². The lowest BCUT2D eigenvalue weighted by molar-refractivity contribution is -0.384. The number of anilines is 2. The van der Waals surface area contributed by atoms with Gasteiger partial charge in [-0.15, -0.1) is 0 Å². The molecule has 0 unspecified atom stereocenters. The lowest BCUT2D eigenvalue weighted by Crippen LogP contribution is -2.31. The maximum absolute atomic E-state index is 12.8. The lowest BCUT2D eigenvalue weighted by Gasteiger charge is -2.19. The first kappa shape index (κ1) is 23.6. The van der Waals surface area contributed by atoms with Crippen LogP contribution >= 0.6 is 0 Å². The Hall–Kier alpha value is -4.03. The van der Waals surface area contributed by atoms with E-state index in [2.05, 4.69) is 10.6 Å².